The first-order chi connectivity index (χ1) is 20.1. The van der Waals surface area contributed by atoms with Gasteiger partial charge in [-0.2, -0.15) is 0 Å². The summed E-state index contributed by atoms with van der Waals surface area (Å²) >= 11 is 0. The molecule has 0 aromatic carbocycles. The van der Waals surface area contributed by atoms with Crippen LogP contribution < -0.4 is 0 Å². The van der Waals surface area contributed by atoms with Gasteiger partial charge in [0.2, 0.25) is 0 Å². The van der Waals surface area contributed by atoms with Crippen molar-refractivity contribution >= 4 is 27.6 Å². The summed E-state index contributed by atoms with van der Waals surface area (Å²) < 4.78 is 48.3. The molecule has 0 aromatic heterocycles. The molecule has 16 nitrogen and oxygen atoms in total. The summed E-state index contributed by atoms with van der Waals surface area (Å²) in [5, 5.41) is 40.6. The SMILES string of the molecule is CCCCCCCC(=O)OC[C@@H](COP(=O)(O)O[C@H]1[C@@H](O)[C@@H](OP(=O)(O)O)[C@H](O)[C@@H](O)[C@@H]1O)OC(=O)CCCCCCC. The van der Waals surface area contributed by atoms with E-state index in [1.807, 2.05) is 6.92 Å². The average Bonchev–Trinajstić information content (AvgIpc) is 2.93. The first-order valence-corrected chi connectivity index (χ1v) is 17.6. The molecule has 1 rings (SSSR count). The van der Waals surface area contributed by atoms with Crippen molar-refractivity contribution in [2.24, 2.45) is 0 Å². The number of hydrogen-bond donors (Lipinski definition) is 7. The number of esters is 2. The molecule has 0 radical (unpaired) electrons. The molecule has 254 valence electrons. The molecule has 1 saturated carbocycles. The van der Waals surface area contributed by atoms with E-state index in [4.69, 9.17) is 28.3 Å². The maximum atomic E-state index is 12.7. The summed E-state index contributed by atoms with van der Waals surface area (Å²) in [5.74, 6) is -1.24. The maximum absolute atomic E-state index is 12.7. The van der Waals surface area contributed by atoms with Crippen LogP contribution in [0.2, 0.25) is 0 Å². The van der Waals surface area contributed by atoms with Crippen LogP contribution in [-0.2, 0) is 41.8 Å². The van der Waals surface area contributed by atoms with Crippen LogP contribution in [0.4, 0.5) is 0 Å². The van der Waals surface area contributed by atoms with Crippen molar-refractivity contribution in [2.45, 2.75) is 134 Å². The smallest absolute Gasteiger partial charge is 0.462 e. The van der Waals surface area contributed by atoms with Gasteiger partial charge < -0.3 is 44.6 Å². The number of phosphoric acid groups is 2. The summed E-state index contributed by atoms with van der Waals surface area (Å²) in [4.78, 5) is 52.8. The van der Waals surface area contributed by atoms with Crippen molar-refractivity contribution < 1.29 is 76.9 Å². The predicted molar refractivity (Wildman–Crippen MR) is 149 cm³/mol. The van der Waals surface area contributed by atoms with E-state index < -0.39 is 83.5 Å². The Labute approximate surface area is 251 Å². The van der Waals surface area contributed by atoms with E-state index in [1.165, 1.54) is 0 Å². The number of carbonyl (C=O) groups excluding carboxylic acids is 2. The zero-order chi connectivity index (χ0) is 32.6. The van der Waals surface area contributed by atoms with Crippen LogP contribution in [0.25, 0.3) is 0 Å². The van der Waals surface area contributed by atoms with E-state index in [-0.39, 0.29) is 12.8 Å². The molecule has 1 unspecified atom stereocenters. The van der Waals surface area contributed by atoms with E-state index in [2.05, 4.69) is 11.4 Å². The lowest BCUT2D eigenvalue weighted by molar-refractivity contribution is -0.216. The standard InChI is InChI=1S/C25H48O16P2/c1-3-5-7-9-11-13-18(26)37-15-17(39-19(27)14-12-10-8-6-4-2)16-38-43(35,36)41-25-22(30)20(28)21(29)24(23(25)31)40-42(32,33)34/h17,20-25,28-31H,3-16H2,1-2H3,(H,35,36)(H2,32,33,34)/t17-,20+,21+,22-,23-,24-,25+/m0/s1. The van der Waals surface area contributed by atoms with Gasteiger partial charge in [-0.3, -0.25) is 23.2 Å². The molecule has 1 aliphatic carbocycles. The third-order valence-electron chi connectivity index (χ3n) is 6.68. The second-order valence-corrected chi connectivity index (χ2v) is 13.1. The van der Waals surface area contributed by atoms with E-state index in [9.17, 15) is 44.0 Å². The molecule has 43 heavy (non-hydrogen) atoms. The third kappa shape index (κ3) is 16.2. The number of carbonyl (C=O) groups is 2. The number of hydrogen-bond acceptors (Lipinski definition) is 13. The number of aliphatic hydroxyl groups excluding tert-OH is 4. The van der Waals surface area contributed by atoms with E-state index >= 15 is 0 Å². The number of phosphoric ester groups is 2. The lowest BCUT2D eigenvalue weighted by atomic mass is 9.85. The number of rotatable bonds is 22. The molecule has 8 atom stereocenters. The summed E-state index contributed by atoms with van der Waals surface area (Å²) in [7, 11) is -10.6. The Morgan fingerprint density at radius 1 is 0.651 bits per heavy atom. The van der Waals surface area contributed by atoms with Crippen LogP contribution in [0.3, 0.4) is 0 Å². The lowest BCUT2D eigenvalue weighted by Crippen LogP contribution is -2.64. The average molecular weight is 667 g/mol. The van der Waals surface area contributed by atoms with Crippen LogP contribution >= 0.6 is 15.6 Å². The van der Waals surface area contributed by atoms with Crippen molar-refractivity contribution in [3.05, 3.63) is 0 Å². The summed E-state index contributed by atoms with van der Waals surface area (Å²) in [6.45, 7) is 2.77. The fourth-order valence-corrected chi connectivity index (χ4v) is 5.86. The normalized spacial score (nSPS) is 26.4. The van der Waals surface area contributed by atoms with Gasteiger partial charge in [-0.25, -0.2) is 9.13 Å². The van der Waals surface area contributed by atoms with Crippen molar-refractivity contribution in [2.75, 3.05) is 13.2 Å². The molecule has 0 aliphatic heterocycles. The molecule has 18 heteroatoms. The second-order valence-electron chi connectivity index (χ2n) is 10.5. The van der Waals surface area contributed by atoms with E-state index in [0.717, 1.165) is 51.4 Å². The first kappa shape index (κ1) is 40.0. The van der Waals surface area contributed by atoms with Gasteiger partial charge in [0.25, 0.3) is 0 Å². The van der Waals surface area contributed by atoms with Crippen LogP contribution in [0.5, 0.6) is 0 Å². The molecule has 0 spiro atoms. The highest BCUT2D eigenvalue weighted by Gasteiger charge is 2.54. The Balaban J connectivity index is 2.84. The lowest BCUT2D eigenvalue weighted by Gasteiger charge is -2.43. The largest absolute Gasteiger partial charge is 0.472 e. The van der Waals surface area contributed by atoms with Crippen molar-refractivity contribution in [1.29, 1.82) is 0 Å². The topological polar surface area (TPSA) is 256 Å². The zero-order valence-electron chi connectivity index (χ0n) is 24.6. The second kappa shape index (κ2) is 20.2. The Morgan fingerprint density at radius 2 is 1.14 bits per heavy atom. The monoisotopic (exact) mass is 666 g/mol. The molecule has 0 amide bonds. The molecule has 0 aromatic rings. The quantitative estimate of drug-likeness (QED) is 0.0492. The fraction of sp³-hybridized carbons (Fsp3) is 0.920. The minimum atomic E-state index is -5.34. The van der Waals surface area contributed by atoms with Gasteiger partial charge in [0.05, 0.1) is 6.61 Å². The molecule has 0 bridgehead atoms. The van der Waals surface area contributed by atoms with Gasteiger partial charge in [0.1, 0.15) is 43.2 Å². The summed E-state index contributed by atoms with van der Waals surface area (Å²) in [5.41, 5.74) is 0. The van der Waals surface area contributed by atoms with Crippen molar-refractivity contribution in [1.82, 2.24) is 0 Å². The van der Waals surface area contributed by atoms with Gasteiger partial charge in [-0.15, -0.1) is 0 Å². The molecule has 1 fully saturated rings. The Bertz CT molecular complexity index is 914. The number of ether oxygens (including phenoxy) is 2. The van der Waals surface area contributed by atoms with Crippen LogP contribution in [0, 0.1) is 0 Å². The minimum absolute atomic E-state index is 0.0422. The van der Waals surface area contributed by atoms with Gasteiger partial charge in [-0.1, -0.05) is 65.2 Å². The molecule has 0 heterocycles. The third-order valence-corrected chi connectivity index (χ3v) is 8.18. The van der Waals surface area contributed by atoms with Crippen molar-refractivity contribution in [3.63, 3.8) is 0 Å². The Morgan fingerprint density at radius 3 is 1.65 bits per heavy atom. The molecular weight excluding hydrogens is 618 g/mol. The molecule has 7 N–H and O–H groups in total. The number of unbranched alkanes of at least 4 members (excludes halogenated alkanes) is 8. The van der Waals surface area contributed by atoms with Gasteiger partial charge in [0, 0.05) is 12.8 Å². The Kier molecular flexibility index (Phi) is 18.8. The van der Waals surface area contributed by atoms with Gasteiger partial charge in [0.15, 0.2) is 6.10 Å². The number of aliphatic hydroxyl groups is 4. The zero-order valence-corrected chi connectivity index (χ0v) is 26.4. The first-order valence-electron chi connectivity index (χ1n) is 14.6. The van der Waals surface area contributed by atoms with Gasteiger partial charge in [-0.05, 0) is 12.8 Å². The highest BCUT2D eigenvalue weighted by molar-refractivity contribution is 7.47. The van der Waals surface area contributed by atoms with Crippen LogP contribution in [-0.4, -0.2) is 103 Å². The highest BCUT2D eigenvalue weighted by atomic mass is 31.2. The van der Waals surface area contributed by atoms with E-state index in [1.54, 1.807) is 0 Å². The fourth-order valence-electron chi connectivity index (χ4n) is 4.32. The summed E-state index contributed by atoms with van der Waals surface area (Å²) in [6.07, 6.45) is -5.81. The predicted octanol–water partition coefficient (Wildman–Crippen LogP) is 1.60. The summed E-state index contributed by atoms with van der Waals surface area (Å²) in [6, 6.07) is 0. The van der Waals surface area contributed by atoms with Crippen LogP contribution in [0.15, 0.2) is 0 Å². The highest BCUT2D eigenvalue weighted by Crippen LogP contribution is 2.48. The molecule has 1 aliphatic rings. The van der Waals surface area contributed by atoms with Gasteiger partial charge >= 0.3 is 27.6 Å². The van der Waals surface area contributed by atoms with E-state index in [0.29, 0.717) is 12.8 Å². The maximum Gasteiger partial charge on any atom is 0.472 e. The molecule has 0 saturated heterocycles. The van der Waals surface area contributed by atoms with Crippen LogP contribution in [0.1, 0.15) is 90.9 Å². The Hall–Kier alpha value is -1.00. The minimum Gasteiger partial charge on any atom is -0.462 e. The van der Waals surface area contributed by atoms with Crippen molar-refractivity contribution in [3.8, 4) is 0 Å². The molecular formula is C25H48O16P2.